The minimum absolute atomic E-state index is 0.0494. The lowest BCUT2D eigenvalue weighted by Gasteiger charge is -2.14. The maximum Gasteiger partial charge on any atom is 0.238 e. The predicted molar refractivity (Wildman–Crippen MR) is 108 cm³/mol. The molecule has 7 heteroatoms. The van der Waals surface area contributed by atoms with Crippen LogP contribution < -0.4 is 4.74 Å². The van der Waals surface area contributed by atoms with Gasteiger partial charge < -0.3 is 9.64 Å². The first-order valence-corrected chi connectivity index (χ1v) is 9.22. The fourth-order valence-corrected chi connectivity index (χ4v) is 2.68. The van der Waals surface area contributed by atoms with E-state index in [-0.39, 0.29) is 5.91 Å². The number of pyridine rings is 1. The van der Waals surface area contributed by atoms with Gasteiger partial charge in [-0.15, -0.1) is 0 Å². The summed E-state index contributed by atoms with van der Waals surface area (Å²) in [7, 11) is 1.78. The standard InChI is InChI=1S/C22H21N5O2/c1-16(28)27(2)11-3-4-20-14-24-15-22(26-20)29-21-9-6-17(7-10-21)18-5-8-19(12-23)25-13-18/h5-10,13-15H,3-4,11H2,1-2H3. The third-order valence-corrected chi connectivity index (χ3v) is 4.41. The molecular formula is C22H21N5O2. The highest BCUT2D eigenvalue weighted by Crippen LogP contribution is 2.24. The van der Waals surface area contributed by atoms with Crippen molar-refractivity contribution in [3.8, 4) is 28.8 Å². The Kier molecular flexibility index (Phi) is 6.48. The van der Waals surface area contributed by atoms with E-state index in [1.165, 1.54) is 0 Å². The second-order valence-corrected chi connectivity index (χ2v) is 6.56. The molecule has 0 bridgehead atoms. The molecule has 2 aromatic heterocycles. The minimum atomic E-state index is 0.0494. The van der Waals surface area contributed by atoms with Crippen LogP contribution in [0.4, 0.5) is 0 Å². The number of hydrogen-bond acceptors (Lipinski definition) is 6. The fourth-order valence-electron chi connectivity index (χ4n) is 2.68. The molecular weight excluding hydrogens is 366 g/mol. The molecule has 0 N–H and O–H groups in total. The zero-order valence-corrected chi connectivity index (χ0v) is 16.4. The van der Waals surface area contributed by atoms with Crippen molar-refractivity contribution in [3.05, 3.63) is 66.4 Å². The van der Waals surface area contributed by atoms with Gasteiger partial charge in [0, 0.05) is 38.5 Å². The summed E-state index contributed by atoms with van der Waals surface area (Å²) in [6.07, 6.45) is 6.48. The quantitative estimate of drug-likeness (QED) is 0.615. The van der Waals surface area contributed by atoms with Crippen molar-refractivity contribution in [1.82, 2.24) is 19.9 Å². The van der Waals surface area contributed by atoms with Crippen molar-refractivity contribution >= 4 is 5.91 Å². The lowest BCUT2D eigenvalue weighted by Crippen LogP contribution is -2.25. The van der Waals surface area contributed by atoms with Gasteiger partial charge in [-0.3, -0.25) is 9.78 Å². The number of amides is 1. The molecule has 0 aliphatic carbocycles. The molecule has 0 fully saturated rings. The SMILES string of the molecule is CC(=O)N(C)CCCc1cncc(Oc2ccc(-c3ccc(C#N)nc3)cc2)n1. The molecule has 0 aliphatic rings. The lowest BCUT2D eigenvalue weighted by molar-refractivity contribution is -0.127. The number of rotatable bonds is 7. The first kappa shape index (κ1) is 20.0. The van der Waals surface area contributed by atoms with Crippen molar-refractivity contribution in [2.24, 2.45) is 0 Å². The Labute approximate surface area is 169 Å². The monoisotopic (exact) mass is 387 g/mol. The number of benzene rings is 1. The summed E-state index contributed by atoms with van der Waals surface area (Å²) in [5.74, 6) is 1.13. The number of carbonyl (C=O) groups excluding carboxylic acids is 1. The highest BCUT2D eigenvalue weighted by molar-refractivity contribution is 5.72. The molecule has 146 valence electrons. The first-order chi connectivity index (χ1) is 14.0. The van der Waals surface area contributed by atoms with Crippen molar-refractivity contribution in [2.45, 2.75) is 19.8 Å². The Morgan fingerprint density at radius 3 is 2.52 bits per heavy atom. The molecule has 1 amide bonds. The van der Waals surface area contributed by atoms with Crippen LogP contribution in [0.3, 0.4) is 0 Å². The van der Waals surface area contributed by atoms with Crippen LogP contribution in [0.25, 0.3) is 11.1 Å². The van der Waals surface area contributed by atoms with Crippen molar-refractivity contribution in [1.29, 1.82) is 5.26 Å². The molecule has 3 aromatic rings. The number of carbonyl (C=O) groups is 1. The highest BCUT2D eigenvalue weighted by atomic mass is 16.5. The van der Waals surface area contributed by atoms with E-state index < -0.39 is 0 Å². The van der Waals surface area contributed by atoms with E-state index in [2.05, 4.69) is 15.0 Å². The third-order valence-electron chi connectivity index (χ3n) is 4.41. The van der Waals surface area contributed by atoms with Crippen LogP contribution in [-0.4, -0.2) is 39.4 Å². The Bertz CT molecular complexity index is 1010. The molecule has 0 unspecified atom stereocenters. The van der Waals surface area contributed by atoms with Crippen molar-refractivity contribution < 1.29 is 9.53 Å². The Morgan fingerprint density at radius 2 is 1.86 bits per heavy atom. The Balaban J connectivity index is 1.61. The number of nitrogens with zero attached hydrogens (tertiary/aromatic N) is 5. The van der Waals surface area contributed by atoms with Gasteiger partial charge in [0.05, 0.1) is 11.9 Å². The molecule has 7 nitrogen and oxygen atoms in total. The van der Waals surface area contributed by atoms with Gasteiger partial charge in [-0.2, -0.15) is 5.26 Å². The average molecular weight is 387 g/mol. The van der Waals surface area contributed by atoms with Crippen LogP contribution in [0.2, 0.25) is 0 Å². The van der Waals surface area contributed by atoms with Gasteiger partial charge in [0.25, 0.3) is 0 Å². The van der Waals surface area contributed by atoms with Crippen LogP contribution in [0, 0.1) is 11.3 Å². The summed E-state index contributed by atoms with van der Waals surface area (Å²) in [4.78, 5) is 25.7. The summed E-state index contributed by atoms with van der Waals surface area (Å²) < 4.78 is 5.82. The maximum atomic E-state index is 11.2. The van der Waals surface area contributed by atoms with Crippen molar-refractivity contribution in [2.75, 3.05) is 13.6 Å². The van der Waals surface area contributed by atoms with Crippen LogP contribution in [0.1, 0.15) is 24.7 Å². The van der Waals surface area contributed by atoms with Crippen LogP contribution in [0.5, 0.6) is 11.6 Å². The largest absolute Gasteiger partial charge is 0.437 e. The number of ether oxygens (including phenoxy) is 1. The molecule has 3 rings (SSSR count). The molecule has 0 spiro atoms. The van der Waals surface area contributed by atoms with E-state index in [1.54, 1.807) is 43.5 Å². The summed E-state index contributed by atoms with van der Waals surface area (Å²) in [6, 6.07) is 13.1. The molecule has 0 saturated carbocycles. The van der Waals surface area contributed by atoms with E-state index in [4.69, 9.17) is 10.00 Å². The van der Waals surface area contributed by atoms with E-state index in [9.17, 15) is 4.79 Å². The minimum Gasteiger partial charge on any atom is -0.437 e. The second kappa shape index (κ2) is 9.42. The molecule has 1 aromatic carbocycles. The van der Waals surface area contributed by atoms with Crippen LogP contribution in [-0.2, 0) is 11.2 Å². The number of aromatic nitrogens is 3. The van der Waals surface area contributed by atoms with E-state index in [1.807, 2.05) is 36.4 Å². The van der Waals surface area contributed by atoms with E-state index in [0.29, 0.717) is 30.3 Å². The van der Waals surface area contributed by atoms with Gasteiger partial charge in [-0.1, -0.05) is 12.1 Å². The van der Waals surface area contributed by atoms with E-state index in [0.717, 1.165) is 23.2 Å². The van der Waals surface area contributed by atoms with Gasteiger partial charge in [0.2, 0.25) is 11.8 Å². The molecule has 0 atom stereocenters. The lowest BCUT2D eigenvalue weighted by atomic mass is 10.1. The van der Waals surface area contributed by atoms with Gasteiger partial charge in [0.1, 0.15) is 17.5 Å². The Morgan fingerprint density at radius 1 is 1.10 bits per heavy atom. The molecule has 0 radical (unpaired) electrons. The van der Waals surface area contributed by atoms with Gasteiger partial charge in [-0.05, 0) is 42.7 Å². The zero-order chi connectivity index (χ0) is 20.6. The van der Waals surface area contributed by atoms with Gasteiger partial charge in [0.15, 0.2) is 0 Å². The predicted octanol–water partition coefficient (Wildman–Crippen LogP) is 3.61. The third kappa shape index (κ3) is 5.59. The fraction of sp³-hybridized carbons (Fsp3) is 0.227. The smallest absolute Gasteiger partial charge is 0.238 e. The van der Waals surface area contributed by atoms with Crippen LogP contribution in [0.15, 0.2) is 55.0 Å². The van der Waals surface area contributed by atoms with Crippen LogP contribution >= 0.6 is 0 Å². The van der Waals surface area contributed by atoms with Gasteiger partial charge >= 0.3 is 0 Å². The topological polar surface area (TPSA) is 92.0 Å². The first-order valence-electron chi connectivity index (χ1n) is 9.22. The Hall–Kier alpha value is -3.79. The highest BCUT2D eigenvalue weighted by Gasteiger charge is 2.06. The zero-order valence-electron chi connectivity index (χ0n) is 16.4. The summed E-state index contributed by atoms with van der Waals surface area (Å²) in [5.41, 5.74) is 3.11. The normalized spacial score (nSPS) is 10.2. The molecule has 29 heavy (non-hydrogen) atoms. The number of nitriles is 1. The van der Waals surface area contributed by atoms with Crippen molar-refractivity contribution in [3.63, 3.8) is 0 Å². The summed E-state index contributed by atoms with van der Waals surface area (Å²) >= 11 is 0. The second-order valence-electron chi connectivity index (χ2n) is 6.56. The maximum absolute atomic E-state index is 11.2. The molecule has 0 saturated heterocycles. The number of aryl methyl sites for hydroxylation is 1. The average Bonchev–Trinajstić information content (AvgIpc) is 2.74. The molecule has 0 aliphatic heterocycles. The number of hydrogen-bond donors (Lipinski definition) is 0. The van der Waals surface area contributed by atoms with E-state index >= 15 is 0 Å². The summed E-state index contributed by atoms with van der Waals surface area (Å²) in [5, 5.41) is 8.83. The van der Waals surface area contributed by atoms with Gasteiger partial charge in [-0.25, -0.2) is 9.97 Å². The summed E-state index contributed by atoms with van der Waals surface area (Å²) in [6.45, 7) is 2.23. The molecule has 2 heterocycles.